The molecule has 180 valence electrons. The maximum atomic E-state index is 13.4. The molecular formula is C28H35N3O2S. The van der Waals surface area contributed by atoms with E-state index in [9.17, 15) is 9.59 Å². The zero-order valence-electron chi connectivity index (χ0n) is 20.3. The zero-order valence-corrected chi connectivity index (χ0v) is 21.1. The Morgan fingerprint density at radius 3 is 2.74 bits per heavy atom. The third-order valence-corrected chi connectivity index (χ3v) is 7.61. The molecular weight excluding hydrogens is 442 g/mol. The summed E-state index contributed by atoms with van der Waals surface area (Å²) in [4.78, 5) is 31.9. The lowest BCUT2D eigenvalue weighted by Crippen LogP contribution is -2.43. The Kier molecular flexibility index (Phi) is 8.46. The first kappa shape index (κ1) is 24.6. The molecule has 4 rings (SSSR count). The van der Waals surface area contributed by atoms with Crippen LogP contribution in [0, 0.1) is 5.92 Å². The Balaban J connectivity index is 1.38. The summed E-state index contributed by atoms with van der Waals surface area (Å²) >= 11 is 1.47. The fourth-order valence-electron chi connectivity index (χ4n) is 4.64. The maximum Gasteiger partial charge on any atom is 0.265 e. The molecule has 0 unspecified atom stereocenters. The monoisotopic (exact) mass is 477 g/mol. The second-order valence-corrected chi connectivity index (χ2v) is 10.4. The van der Waals surface area contributed by atoms with Crippen LogP contribution in [0.5, 0.6) is 0 Å². The highest BCUT2D eigenvalue weighted by molar-refractivity contribution is 8.04. The van der Waals surface area contributed by atoms with Gasteiger partial charge in [-0.2, -0.15) is 0 Å². The lowest BCUT2D eigenvalue weighted by Gasteiger charge is -2.31. The molecule has 1 fully saturated rings. The number of likely N-dealkylation sites (tertiary alicyclic amines) is 1. The van der Waals surface area contributed by atoms with Gasteiger partial charge < -0.3 is 10.2 Å². The molecule has 2 aromatic carbocycles. The van der Waals surface area contributed by atoms with E-state index in [2.05, 4.69) is 36.2 Å². The van der Waals surface area contributed by atoms with Gasteiger partial charge in [-0.3, -0.25) is 14.5 Å². The maximum absolute atomic E-state index is 13.4. The first-order valence-corrected chi connectivity index (χ1v) is 13.2. The van der Waals surface area contributed by atoms with Crippen LogP contribution in [0.4, 0.5) is 5.69 Å². The molecule has 0 aromatic heterocycles. The normalized spacial score (nSPS) is 19.8. The number of nitrogens with zero attached hydrogens (tertiary/aromatic N) is 2. The Morgan fingerprint density at radius 1 is 1.18 bits per heavy atom. The lowest BCUT2D eigenvalue weighted by atomic mass is 10.0. The van der Waals surface area contributed by atoms with Gasteiger partial charge in [0, 0.05) is 18.0 Å². The van der Waals surface area contributed by atoms with Crippen molar-refractivity contribution in [1.82, 2.24) is 10.2 Å². The molecule has 34 heavy (non-hydrogen) atoms. The third kappa shape index (κ3) is 6.30. The number of fused-ring (bicyclic) bond motifs is 1. The molecule has 0 aliphatic carbocycles. The molecule has 2 amide bonds. The van der Waals surface area contributed by atoms with Crippen molar-refractivity contribution in [2.45, 2.75) is 44.4 Å². The number of carbonyl (C=O) groups is 2. The minimum atomic E-state index is -0.124. The Hall–Kier alpha value is -2.57. The predicted molar refractivity (Wildman–Crippen MR) is 141 cm³/mol. The molecule has 2 aliphatic heterocycles. The van der Waals surface area contributed by atoms with Crippen molar-refractivity contribution in [3.63, 3.8) is 0 Å². The molecule has 6 heteroatoms. The van der Waals surface area contributed by atoms with Crippen LogP contribution in [0.1, 0.15) is 44.2 Å². The number of amides is 2. The fourth-order valence-corrected chi connectivity index (χ4v) is 5.70. The molecule has 0 saturated carbocycles. The zero-order chi connectivity index (χ0) is 23.9. The summed E-state index contributed by atoms with van der Waals surface area (Å²) in [7, 11) is 0. The number of anilines is 1. The predicted octanol–water partition coefficient (Wildman–Crippen LogP) is 4.97. The number of benzene rings is 2. The van der Waals surface area contributed by atoms with E-state index in [0.29, 0.717) is 11.4 Å². The SMILES string of the molecule is CCc1ccc(/C=C2/Sc3ccccc3N(CC(=O)NCCCN3CCC[C@H](C)C3)C2=O)cc1. The van der Waals surface area contributed by atoms with E-state index in [1.165, 1.54) is 30.2 Å². The second-order valence-electron chi connectivity index (χ2n) is 9.32. The average Bonchev–Trinajstić information content (AvgIpc) is 2.85. The Labute approximate surface area is 207 Å². The van der Waals surface area contributed by atoms with Crippen molar-refractivity contribution >= 4 is 35.3 Å². The molecule has 5 nitrogen and oxygen atoms in total. The first-order chi connectivity index (χ1) is 16.5. The van der Waals surface area contributed by atoms with E-state index in [1.54, 1.807) is 4.90 Å². The molecule has 2 aliphatic rings. The van der Waals surface area contributed by atoms with Crippen LogP contribution in [0.25, 0.3) is 6.08 Å². The molecule has 1 N–H and O–H groups in total. The van der Waals surface area contributed by atoms with Crippen LogP contribution in [0.3, 0.4) is 0 Å². The number of hydrogen-bond donors (Lipinski definition) is 1. The van der Waals surface area contributed by atoms with Crippen molar-refractivity contribution in [2.75, 3.05) is 37.6 Å². The van der Waals surface area contributed by atoms with Crippen molar-refractivity contribution in [3.05, 3.63) is 64.6 Å². The summed E-state index contributed by atoms with van der Waals surface area (Å²) in [6.07, 6.45) is 6.42. The van der Waals surface area contributed by atoms with Gasteiger partial charge in [-0.1, -0.05) is 62.0 Å². The van der Waals surface area contributed by atoms with Crippen LogP contribution < -0.4 is 10.2 Å². The van der Waals surface area contributed by atoms with Gasteiger partial charge >= 0.3 is 0 Å². The number of nitrogens with one attached hydrogen (secondary N) is 1. The van der Waals surface area contributed by atoms with Gasteiger partial charge in [0.2, 0.25) is 5.91 Å². The van der Waals surface area contributed by atoms with Crippen molar-refractivity contribution in [3.8, 4) is 0 Å². The van der Waals surface area contributed by atoms with E-state index in [1.807, 2.05) is 42.5 Å². The van der Waals surface area contributed by atoms with Gasteiger partial charge in [0.25, 0.3) is 5.91 Å². The topological polar surface area (TPSA) is 52.7 Å². The number of piperidine rings is 1. The first-order valence-electron chi connectivity index (χ1n) is 12.4. The van der Waals surface area contributed by atoms with Crippen molar-refractivity contribution < 1.29 is 9.59 Å². The fraction of sp³-hybridized carbons (Fsp3) is 0.429. The van der Waals surface area contributed by atoms with Crippen LogP contribution in [0.15, 0.2) is 58.3 Å². The van der Waals surface area contributed by atoms with Crippen LogP contribution in [-0.4, -0.2) is 49.4 Å². The van der Waals surface area contributed by atoms with Crippen LogP contribution >= 0.6 is 11.8 Å². The summed E-state index contributed by atoms with van der Waals surface area (Å²) < 4.78 is 0. The number of rotatable bonds is 8. The summed E-state index contributed by atoms with van der Waals surface area (Å²) in [5.74, 6) is 0.521. The molecule has 0 bridgehead atoms. The lowest BCUT2D eigenvalue weighted by molar-refractivity contribution is -0.122. The molecule has 0 spiro atoms. The van der Waals surface area contributed by atoms with Gasteiger partial charge in [-0.15, -0.1) is 0 Å². The summed E-state index contributed by atoms with van der Waals surface area (Å²) in [5.41, 5.74) is 3.06. The summed E-state index contributed by atoms with van der Waals surface area (Å²) in [6, 6.07) is 16.1. The number of hydrogen-bond acceptors (Lipinski definition) is 4. The standard InChI is InChI=1S/C28H35N3O2S/c1-3-22-11-13-23(14-12-22)18-26-28(33)31(24-9-4-5-10-25(24)34-26)20-27(32)29-15-7-17-30-16-6-8-21(2)19-30/h4-5,9-14,18,21H,3,6-8,15-17,19-20H2,1-2H3,(H,29,32)/b26-18+/t21-/m0/s1. The van der Waals surface area contributed by atoms with Gasteiger partial charge in [-0.25, -0.2) is 0 Å². The van der Waals surface area contributed by atoms with Crippen molar-refractivity contribution in [2.24, 2.45) is 5.92 Å². The largest absolute Gasteiger partial charge is 0.355 e. The smallest absolute Gasteiger partial charge is 0.265 e. The Morgan fingerprint density at radius 2 is 1.97 bits per heavy atom. The van der Waals surface area contributed by atoms with E-state index in [-0.39, 0.29) is 18.4 Å². The van der Waals surface area contributed by atoms with E-state index in [0.717, 1.165) is 54.5 Å². The number of thioether (sulfide) groups is 1. The minimum absolute atomic E-state index is 0.0310. The van der Waals surface area contributed by atoms with Gasteiger partial charge in [0.05, 0.1) is 10.6 Å². The number of para-hydroxylation sites is 1. The van der Waals surface area contributed by atoms with Crippen LogP contribution in [-0.2, 0) is 16.0 Å². The molecule has 1 atom stereocenters. The van der Waals surface area contributed by atoms with E-state index in [4.69, 9.17) is 0 Å². The highest BCUT2D eigenvalue weighted by atomic mass is 32.2. The Bertz CT molecular complexity index is 1030. The minimum Gasteiger partial charge on any atom is -0.355 e. The van der Waals surface area contributed by atoms with Gasteiger partial charge in [0.15, 0.2) is 0 Å². The van der Waals surface area contributed by atoms with Gasteiger partial charge in [0.1, 0.15) is 6.54 Å². The number of carbonyl (C=O) groups excluding carboxylic acids is 2. The van der Waals surface area contributed by atoms with E-state index < -0.39 is 0 Å². The number of aryl methyl sites for hydroxylation is 1. The third-order valence-electron chi connectivity index (χ3n) is 6.53. The summed E-state index contributed by atoms with van der Waals surface area (Å²) in [6.45, 7) is 8.42. The highest BCUT2D eigenvalue weighted by Crippen LogP contribution is 2.41. The molecule has 2 aromatic rings. The molecule has 2 heterocycles. The molecule has 1 saturated heterocycles. The van der Waals surface area contributed by atoms with Crippen LogP contribution in [0.2, 0.25) is 0 Å². The quantitative estimate of drug-likeness (QED) is 0.431. The second kappa shape index (κ2) is 11.7. The highest BCUT2D eigenvalue weighted by Gasteiger charge is 2.30. The average molecular weight is 478 g/mol. The summed E-state index contributed by atoms with van der Waals surface area (Å²) in [5, 5.41) is 3.02. The van der Waals surface area contributed by atoms with E-state index >= 15 is 0 Å². The van der Waals surface area contributed by atoms with Crippen molar-refractivity contribution in [1.29, 1.82) is 0 Å². The van der Waals surface area contributed by atoms with Gasteiger partial charge in [-0.05, 0) is 74.0 Å². The molecule has 0 radical (unpaired) electrons.